The third kappa shape index (κ3) is 2.52. The van der Waals surface area contributed by atoms with Crippen molar-refractivity contribution < 1.29 is 9.53 Å². The van der Waals surface area contributed by atoms with Gasteiger partial charge in [-0.1, -0.05) is 6.92 Å². The van der Waals surface area contributed by atoms with E-state index < -0.39 is 0 Å². The molecule has 1 N–H and O–H groups in total. The van der Waals surface area contributed by atoms with Gasteiger partial charge in [0.2, 0.25) is 5.91 Å². The van der Waals surface area contributed by atoms with Crippen molar-refractivity contribution in [1.29, 1.82) is 0 Å². The Morgan fingerprint density at radius 3 is 2.79 bits per heavy atom. The highest BCUT2D eigenvalue weighted by atomic mass is 16.5. The summed E-state index contributed by atoms with van der Waals surface area (Å²) >= 11 is 0. The molecule has 0 radical (unpaired) electrons. The van der Waals surface area contributed by atoms with Gasteiger partial charge < -0.3 is 15.0 Å². The molecule has 1 aliphatic carbocycles. The van der Waals surface area contributed by atoms with Crippen molar-refractivity contribution in [2.75, 3.05) is 26.2 Å². The van der Waals surface area contributed by atoms with E-state index in [-0.39, 0.29) is 12.2 Å². The van der Waals surface area contributed by atoms with Crippen LogP contribution in [-0.2, 0) is 9.53 Å². The normalized spacial score (nSPS) is 37.4. The number of nitrogens with one attached hydrogen (secondary N) is 1. The summed E-state index contributed by atoms with van der Waals surface area (Å²) in [5, 5.41) is 3.40. The van der Waals surface area contributed by atoms with Gasteiger partial charge in [-0.05, 0) is 51.1 Å². The minimum Gasteiger partial charge on any atom is -0.372 e. The van der Waals surface area contributed by atoms with Crippen LogP contribution in [0.1, 0.15) is 39.5 Å². The fourth-order valence-corrected chi connectivity index (χ4v) is 3.85. The Bertz CT molecular complexity index is 352. The molecule has 3 rings (SSSR count). The molecule has 4 nitrogen and oxygen atoms in total. The summed E-state index contributed by atoms with van der Waals surface area (Å²) in [6.45, 7) is 7.96. The lowest BCUT2D eigenvalue weighted by atomic mass is 9.91. The fraction of sp³-hybridized carbons (Fsp3) is 0.933. The summed E-state index contributed by atoms with van der Waals surface area (Å²) in [6, 6.07) is 0. The average molecular weight is 266 g/mol. The van der Waals surface area contributed by atoms with Gasteiger partial charge in [-0.3, -0.25) is 4.79 Å². The number of hydrogen-bond acceptors (Lipinski definition) is 3. The molecular weight excluding hydrogens is 240 g/mol. The molecule has 108 valence electrons. The Hall–Kier alpha value is -0.610. The number of amides is 1. The molecule has 3 unspecified atom stereocenters. The van der Waals surface area contributed by atoms with Gasteiger partial charge in [-0.2, -0.15) is 0 Å². The molecular formula is C15H26N2O2. The molecule has 19 heavy (non-hydrogen) atoms. The van der Waals surface area contributed by atoms with Crippen LogP contribution in [0, 0.1) is 11.3 Å². The standard InChI is InChI=1S/C15H26N2O2/c1-3-12-10-17(9-11(2)19-12)14(18)13-8-15(13)4-6-16-7-5-15/h11-13,16H,3-10H2,1-2H3. The van der Waals surface area contributed by atoms with Crippen molar-refractivity contribution in [1.82, 2.24) is 10.2 Å². The van der Waals surface area contributed by atoms with Crippen molar-refractivity contribution in [3.8, 4) is 0 Å². The van der Waals surface area contributed by atoms with Crippen molar-refractivity contribution in [2.24, 2.45) is 11.3 Å². The summed E-state index contributed by atoms with van der Waals surface area (Å²) in [6.07, 6.45) is 4.89. The Labute approximate surface area is 115 Å². The van der Waals surface area contributed by atoms with Crippen LogP contribution in [0.4, 0.5) is 0 Å². The second kappa shape index (κ2) is 5.06. The van der Waals surface area contributed by atoms with E-state index in [0.717, 1.165) is 39.0 Å². The van der Waals surface area contributed by atoms with E-state index in [1.54, 1.807) is 0 Å². The zero-order valence-electron chi connectivity index (χ0n) is 12.2. The zero-order valence-corrected chi connectivity index (χ0v) is 12.2. The molecule has 1 amide bonds. The third-order valence-electron chi connectivity index (χ3n) is 5.18. The predicted octanol–water partition coefficient (Wildman–Crippen LogP) is 1.40. The molecule has 0 aromatic heterocycles. The predicted molar refractivity (Wildman–Crippen MR) is 73.8 cm³/mol. The van der Waals surface area contributed by atoms with Crippen LogP contribution in [0.2, 0.25) is 0 Å². The smallest absolute Gasteiger partial charge is 0.226 e. The molecule has 1 saturated carbocycles. The maximum absolute atomic E-state index is 12.7. The number of nitrogens with zero attached hydrogens (tertiary/aromatic N) is 1. The summed E-state index contributed by atoms with van der Waals surface area (Å²) in [7, 11) is 0. The second-order valence-corrected chi connectivity index (χ2v) is 6.59. The molecule has 3 fully saturated rings. The van der Waals surface area contributed by atoms with Gasteiger partial charge in [0.25, 0.3) is 0 Å². The van der Waals surface area contributed by atoms with Crippen LogP contribution in [0.25, 0.3) is 0 Å². The van der Waals surface area contributed by atoms with Crippen molar-refractivity contribution >= 4 is 5.91 Å². The SMILES string of the molecule is CCC1CN(C(=O)C2CC23CCNCC3)CC(C)O1. The van der Waals surface area contributed by atoms with Gasteiger partial charge in [0.15, 0.2) is 0 Å². The van der Waals surface area contributed by atoms with E-state index in [9.17, 15) is 4.79 Å². The monoisotopic (exact) mass is 266 g/mol. The maximum atomic E-state index is 12.7. The zero-order chi connectivity index (χ0) is 13.5. The minimum atomic E-state index is 0.186. The Morgan fingerprint density at radius 2 is 2.11 bits per heavy atom. The minimum absolute atomic E-state index is 0.186. The Morgan fingerprint density at radius 1 is 1.37 bits per heavy atom. The fourth-order valence-electron chi connectivity index (χ4n) is 3.85. The van der Waals surface area contributed by atoms with Gasteiger partial charge in [-0.15, -0.1) is 0 Å². The van der Waals surface area contributed by atoms with Crippen molar-refractivity contribution in [3.05, 3.63) is 0 Å². The lowest BCUT2D eigenvalue weighted by Gasteiger charge is -2.37. The van der Waals surface area contributed by atoms with E-state index in [1.807, 2.05) is 0 Å². The topological polar surface area (TPSA) is 41.6 Å². The largest absolute Gasteiger partial charge is 0.372 e. The number of hydrogen-bond donors (Lipinski definition) is 1. The van der Waals surface area contributed by atoms with E-state index in [1.165, 1.54) is 12.8 Å². The van der Waals surface area contributed by atoms with Crippen molar-refractivity contribution in [3.63, 3.8) is 0 Å². The number of carbonyl (C=O) groups excluding carboxylic acids is 1. The van der Waals surface area contributed by atoms with E-state index in [4.69, 9.17) is 4.74 Å². The molecule has 4 heteroatoms. The highest BCUT2D eigenvalue weighted by Gasteiger charge is 2.58. The van der Waals surface area contributed by atoms with Gasteiger partial charge in [0.1, 0.15) is 0 Å². The van der Waals surface area contributed by atoms with E-state index in [2.05, 4.69) is 24.1 Å². The van der Waals surface area contributed by atoms with Crippen LogP contribution < -0.4 is 5.32 Å². The quantitative estimate of drug-likeness (QED) is 0.821. The van der Waals surface area contributed by atoms with Crippen LogP contribution in [-0.4, -0.2) is 49.2 Å². The highest BCUT2D eigenvalue weighted by Crippen LogP contribution is 2.59. The number of carbonyl (C=O) groups is 1. The molecule has 3 aliphatic rings. The van der Waals surface area contributed by atoms with Gasteiger partial charge in [0, 0.05) is 19.0 Å². The molecule has 0 aromatic rings. The molecule has 2 saturated heterocycles. The summed E-state index contributed by atoms with van der Waals surface area (Å²) in [4.78, 5) is 14.8. The lowest BCUT2D eigenvalue weighted by molar-refractivity contribution is -0.146. The molecule has 0 aromatic carbocycles. The van der Waals surface area contributed by atoms with Crippen LogP contribution >= 0.6 is 0 Å². The third-order valence-corrected chi connectivity index (χ3v) is 5.18. The van der Waals surface area contributed by atoms with Crippen LogP contribution in [0.5, 0.6) is 0 Å². The molecule has 3 atom stereocenters. The van der Waals surface area contributed by atoms with E-state index in [0.29, 0.717) is 17.2 Å². The van der Waals surface area contributed by atoms with Crippen LogP contribution in [0.3, 0.4) is 0 Å². The van der Waals surface area contributed by atoms with Crippen LogP contribution in [0.15, 0.2) is 0 Å². The molecule has 0 bridgehead atoms. The number of rotatable bonds is 2. The van der Waals surface area contributed by atoms with Gasteiger partial charge in [-0.25, -0.2) is 0 Å². The molecule has 2 aliphatic heterocycles. The first-order chi connectivity index (χ1) is 9.14. The lowest BCUT2D eigenvalue weighted by Crippen LogP contribution is -2.50. The first-order valence-electron chi connectivity index (χ1n) is 7.79. The maximum Gasteiger partial charge on any atom is 0.226 e. The number of ether oxygens (including phenoxy) is 1. The Kier molecular flexibility index (Phi) is 3.56. The average Bonchev–Trinajstić information content (AvgIpc) is 3.11. The highest BCUT2D eigenvalue weighted by molar-refractivity contribution is 5.83. The number of morpholine rings is 1. The van der Waals surface area contributed by atoms with E-state index >= 15 is 0 Å². The molecule has 2 heterocycles. The summed E-state index contributed by atoms with van der Waals surface area (Å²) < 4.78 is 5.85. The second-order valence-electron chi connectivity index (χ2n) is 6.59. The van der Waals surface area contributed by atoms with Gasteiger partial charge in [0.05, 0.1) is 12.2 Å². The summed E-state index contributed by atoms with van der Waals surface area (Å²) in [5.41, 5.74) is 0.353. The Balaban J connectivity index is 1.61. The first kappa shape index (κ1) is 13.4. The molecule has 1 spiro atoms. The summed E-state index contributed by atoms with van der Waals surface area (Å²) in [5.74, 6) is 0.702. The first-order valence-corrected chi connectivity index (χ1v) is 7.79. The van der Waals surface area contributed by atoms with Gasteiger partial charge >= 0.3 is 0 Å². The van der Waals surface area contributed by atoms with Crippen molar-refractivity contribution in [2.45, 2.75) is 51.7 Å². The number of piperidine rings is 1.